The molecular formula is C8H12O3. The summed E-state index contributed by atoms with van der Waals surface area (Å²) in [6.07, 6.45) is 0.521. The summed E-state index contributed by atoms with van der Waals surface area (Å²) < 4.78 is 4.63. The maximum absolute atomic E-state index is 10.9. The van der Waals surface area contributed by atoms with Crippen molar-refractivity contribution in [3.8, 4) is 0 Å². The molecule has 0 amide bonds. The number of aldehydes is 1. The molecule has 0 bridgehead atoms. The predicted molar refractivity (Wildman–Crippen MR) is 41.1 cm³/mol. The zero-order valence-electron chi connectivity index (χ0n) is 7.01. The van der Waals surface area contributed by atoms with Crippen molar-refractivity contribution in [1.29, 1.82) is 0 Å². The molecule has 0 unspecified atom stereocenters. The van der Waals surface area contributed by atoms with E-state index in [0.29, 0.717) is 18.5 Å². The van der Waals surface area contributed by atoms with Crippen molar-refractivity contribution < 1.29 is 14.3 Å². The Morgan fingerprint density at radius 1 is 1.45 bits per heavy atom. The van der Waals surface area contributed by atoms with Crippen LogP contribution in [-0.2, 0) is 14.3 Å². The van der Waals surface area contributed by atoms with Crippen molar-refractivity contribution in [2.45, 2.75) is 20.8 Å². The van der Waals surface area contributed by atoms with Crippen LogP contribution in [0.2, 0.25) is 0 Å². The van der Waals surface area contributed by atoms with Crippen molar-refractivity contribution in [3.63, 3.8) is 0 Å². The number of hydrogen-bond donors (Lipinski definition) is 0. The van der Waals surface area contributed by atoms with Gasteiger partial charge in [-0.1, -0.05) is 5.57 Å². The molecule has 0 fully saturated rings. The summed E-state index contributed by atoms with van der Waals surface area (Å²) in [5.41, 5.74) is 0.797. The largest absolute Gasteiger partial charge is 0.462 e. The van der Waals surface area contributed by atoms with Crippen LogP contribution in [-0.4, -0.2) is 18.9 Å². The second kappa shape index (κ2) is 4.66. The van der Waals surface area contributed by atoms with Crippen LogP contribution >= 0.6 is 0 Å². The fraction of sp³-hybridized carbons (Fsp3) is 0.500. The minimum absolute atomic E-state index is 0.117. The highest BCUT2D eigenvalue weighted by Gasteiger charge is 2.09. The minimum atomic E-state index is -0.539. The first-order valence-corrected chi connectivity index (χ1v) is 3.43. The van der Waals surface area contributed by atoms with E-state index in [1.54, 1.807) is 20.8 Å². The quantitative estimate of drug-likeness (QED) is 0.202. The lowest BCUT2D eigenvalue weighted by Gasteiger charge is -2.00. The number of rotatable bonds is 3. The average Bonchev–Trinajstić information content (AvgIpc) is 1.88. The maximum atomic E-state index is 10.9. The highest BCUT2D eigenvalue weighted by atomic mass is 16.5. The summed E-state index contributed by atoms with van der Waals surface area (Å²) in [5, 5.41) is 0. The van der Waals surface area contributed by atoms with Crippen molar-refractivity contribution in [2.24, 2.45) is 0 Å². The summed E-state index contributed by atoms with van der Waals surface area (Å²) in [6.45, 7) is 5.38. The van der Waals surface area contributed by atoms with Gasteiger partial charge in [0.15, 0.2) is 6.29 Å². The molecule has 11 heavy (non-hydrogen) atoms. The van der Waals surface area contributed by atoms with Crippen LogP contribution in [0.15, 0.2) is 11.1 Å². The number of carbonyl (C=O) groups is 2. The molecule has 0 radical (unpaired) electrons. The lowest BCUT2D eigenvalue weighted by molar-refractivity contribution is -0.139. The maximum Gasteiger partial charge on any atom is 0.341 e. The number of hydrogen-bond acceptors (Lipinski definition) is 3. The minimum Gasteiger partial charge on any atom is -0.462 e. The Morgan fingerprint density at radius 3 is 2.27 bits per heavy atom. The lowest BCUT2D eigenvalue weighted by Crippen LogP contribution is -2.09. The van der Waals surface area contributed by atoms with Crippen LogP contribution < -0.4 is 0 Å². The zero-order valence-corrected chi connectivity index (χ0v) is 7.01. The SMILES string of the molecule is CCOC(=O)C(C=O)=C(C)C. The molecule has 0 saturated carbocycles. The van der Waals surface area contributed by atoms with Gasteiger partial charge >= 0.3 is 5.97 Å². The van der Waals surface area contributed by atoms with E-state index in [1.807, 2.05) is 0 Å². The Labute approximate surface area is 66.0 Å². The van der Waals surface area contributed by atoms with Gasteiger partial charge in [-0.25, -0.2) is 4.79 Å². The Balaban J connectivity index is 4.40. The van der Waals surface area contributed by atoms with Gasteiger partial charge in [-0.2, -0.15) is 0 Å². The van der Waals surface area contributed by atoms with Crippen molar-refractivity contribution >= 4 is 12.3 Å². The van der Waals surface area contributed by atoms with E-state index in [2.05, 4.69) is 4.74 Å². The van der Waals surface area contributed by atoms with Gasteiger partial charge in [-0.15, -0.1) is 0 Å². The molecule has 0 atom stereocenters. The van der Waals surface area contributed by atoms with Crippen molar-refractivity contribution in [2.75, 3.05) is 6.61 Å². The first kappa shape index (κ1) is 9.88. The smallest absolute Gasteiger partial charge is 0.341 e. The molecule has 0 aliphatic rings. The van der Waals surface area contributed by atoms with Gasteiger partial charge in [0.05, 0.1) is 12.2 Å². The van der Waals surface area contributed by atoms with Crippen LogP contribution in [0.4, 0.5) is 0 Å². The Kier molecular flexibility index (Phi) is 4.18. The fourth-order valence-corrected chi connectivity index (χ4v) is 0.579. The van der Waals surface area contributed by atoms with Crippen LogP contribution in [0.1, 0.15) is 20.8 Å². The summed E-state index contributed by atoms with van der Waals surface area (Å²) in [7, 11) is 0. The van der Waals surface area contributed by atoms with Gasteiger partial charge in [0.1, 0.15) is 0 Å². The summed E-state index contributed by atoms with van der Waals surface area (Å²) in [4.78, 5) is 21.2. The molecule has 0 heterocycles. The van der Waals surface area contributed by atoms with Gasteiger partial charge in [0.25, 0.3) is 0 Å². The number of ether oxygens (including phenoxy) is 1. The highest BCUT2D eigenvalue weighted by Crippen LogP contribution is 2.01. The lowest BCUT2D eigenvalue weighted by atomic mass is 10.2. The first-order chi connectivity index (χ1) is 5.13. The normalized spacial score (nSPS) is 8.64. The Bertz CT molecular complexity index is 188. The van der Waals surface area contributed by atoms with Crippen molar-refractivity contribution in [3.05, 3.63) is 11.1 Å². The van der Waals surface area contributed by atoms with E-state index < -0.39 is 5.97 Å². The topological polar surface area (TPSA) is 43.4 Å². The molecule has 0 aromatic rings. The summed E-state index contributed by atoms with van der Waals surface area (Å²) in [5.74, 6) is -0.539. The molecule has 0 aliphatic carbocycles. The summed E-state index contributed by atoms with van der Waals surface area (Å²) in [6, 6.07) is 0. The molecule has 0 aromatic carbocycles. The van der Waals surface area contributed by atoms with Crippen LogP contribution in [0, 0.1) is 0 Å². The number of allylic oxidation sites excluding steroid dienone is 1. The molecule has 62 valence electrons. The average molecular weight is 156 g/mol. The van der Waals surface area contributed by atoms with E-state index in [-0.39, 0.29) is 5.57 Å². The molecule has 0 saturated heterocycles. The molecule has 0 rings (SSSR count). The predicted octanol–water partition coefficient (Wildman–Crippen LogP) is 1.08. The van der Waals surface area contributed by atoms with Gasteiger partial charge in [0.2, 0.25) is 0 Å². The molecule has 0 spiro atoms. The summed E-state index contributed by atoms with van der Waals surface area (Å²) >= 11 is 0. The second-order valence-electron chi connectivity index (χ2n) is 2.25. The van der Waals surface area contributed by atoms with Gasteiger partial charge in [-0.05, 0) is 20.8 Å². The van der Waals surface area contributed by atoms with Gasteiger partial charge in [0, 0.05) is 0 Å². The second-order valence-corrected chi connectivity index (χ2v) is 2.25. The third-order valence-corrected chi connectivity index (χ3v) is 1.15. The van der Waals surface area contributed by atoms with Crippen LogP contribution in [0.3, 0.4) is 0 Å². The monoisotopic (exact) mass is 156 g/mol. The Hall–Kier alpha value is -1.12. The fourth-order valence-electron chi connectivity index (χ4n) is 0.579. The van der Waals surface area contributed by atoms with Crippen LogP contribution in [0.25, 0.3) is 0 Å². The van der Waals surface area contributed by atoms with E-state index >= 15 is 0 Å². The molecule has 0 N–H and O–H groups in total. The first-order valence-electron chi connectivity index (χ1n) is 3.43. The van der Waals surface area contributed by atoms with E-state index in [9.17, 15) is 9.59 Å². The molecular weight excluding hydrogens is 144 g/mol. The third kappa shape index (κ3) is 2.98. The highest BCUT2D eigenvalue weighted by molar-refractivity contribution is 6.08. The van der Waals surface area contributed by atoms with E-state index in [0.717, 1.165) is 0 Å². The Morgan fingerprint density at radius 2 is 2.00 bits per heavy atom. The van der Waals surface area contributed by atoms with Gasteiger partial charge in [-0.3, -0.25) is 4.79 Å². The third-order valence-electron chi connectivity index (χ3n) is 1.15. The number of carbonyl (C=O) groups excluding carboxylic acids is 2. The van der Waals surface area contributed by atoms with E-state index in [4.69, 9.17) is 0 Å². The van der Waals surface area contributed by atoms with Gasteiger partial charge < -0.3 is 4.74 Å². The van der Waals surface area contributed by atoms with Crippen LogP contribution in [0.5, 0.6) is 0 Å². The standard InChI is InChI=1S/C8H12O3/c1-4-11-8(10)7(5-9)6(2)3/h5H,4H2,1-3H3. The molecule has 0 aromatic heterocycles. The zero-order chi connectivity index (χ0) is 8.85. The molecule has 3 nitrogen and oxygen atoms in total. The number of esters is 1. The molecule has 0 aliphatic heterocycles. The van der Waals surface area contributed by atoms with Crippen molar-refractivity contribution in [1.82, 2.24) is 0 Å². The molecule has 3 heteroatoms. The van der Waals surface area contributed by atoms with E-state index in [1.165, 1.54) is 0 Å².